The summed E-state index contributed by atoms with van der Waals surface area (Å²) in [6.45, 7) is 11.3. The molecule has 0 amide bonds. The number of nitrogens with zero attached hydrogens (tertiary/aromatic N) is 6. The zero-order valence-corrected chi connectivity index (χ0v) is 37.9. The van der Waals surface area contributed by atoms with Gasteiger partial charge < -0.3 is 28.6 Å². The van der Waals surface area contributed by atoms with Gasteiger partial charge >= 0.3 is 17.9 Å². The second kappa shape index (κ2) is 25.1. The summed E-state index contributed by atoms with van der Waals surface area (Å²) < 4.78 is 28.2. The average Bonchev–Trinajstić information content (AvgIpc) is 3.39. The van der Waals surface area contributed by atoms with Gasteiger partial charge in [-0.2, -0.15) is 15.5 Å². The molecule has 0 radical (unpaired) electrons. The molecule has 0 spiro atoms. The number of hydrogen-bond donors (Lipinski definition) is 0. The van der Waals surface area contributed by atoms with Crippen molar-refractivity contribution in [2.45, 2.75) is 20.3 Å². The number of non-ortho nitro benzene ring substituents is 1. The summed E-state index contributed by atoms with van der Waals surface area (Å²) in [6, 6.07) is 44.1. The normalized spacial score (nSPS) is 11.6. The van der Waals surface area contributed by atoms with Gasteiger partial charge in [-0.15, -0.1) is 0 Å². The number of carbonyl (C=O) groups is 3. The second-order valence-corrected chi connectivity index (χ2v) is 15.4. The van der Waals surface area contributed by atoms with Crippen molar-refractivity contribution < 1.29 is 43.0 Å². The number of benzene rings is 6. The van der Waals surface area contributed by atoms with E-state index < -0.39 is 34.7 Å². The minimum absolute atomic E-state index is 0.00903. The number of carbonyl (C=O) groups excluding carboxylic acids is 3. The Bertz CT molecular complexity index is 2650. The van der Waals surface area contributed by atoms with E-state index in [0.717, 1.165) is 27.9 Å². The van der Waals surface area contributed by atoms with Crippen LogP contribution >= 0.6 is 0 Å². The van der Waals surface area contributed by atoms with Crippen molar-refractivity contribution in [3.63, 3.8) is 0 Å². The third-order valence-corrected chi connectivity index (χ3v) is 10.7. The number of rotatable bonds is 23. The van der Waals surface area contributed by atoms with E-state index in [4.69, 9.17) is 35.5 Å². The van der Waals surface area contributed by atoms with E-state index in [9.17, 15) is 24.5 Å². The number of nitro benzene ring substituents is 1. The first-order chi connectivity index (χ1) is 33.5. The minimum Gasteiger partial charge on any atom is -0.490 e. The monoisotopic (exact) mass is 928 g/mol. The van der Waals surface area contributed by atoms with Crippen LogP contribution in [-0.4, -0.2) is 69.0 Å². The Hall–Kier alpha value is -8.89. The van der Waals surface area contributed by atoms with Gasteiger partial charge in [-0.05, 0) is 108 Å². The first-order valence-electron chi connectivity index (χ1n) is 22.0. The van der Waals surface area contributed by atoms with Gasteiger partial charge in [0.15, 0.2) is 11.6 Å². The molecule has 0 aliphatic rings. The number of nitriles is 1. The molecule has 0 aliphatic carbocycles. The van der Waals surface area contributed by atoms with Crippen LogP contribution in [0.15, 0.2) is 156 Å². The molecule has 350 valence electrons. The Labute approximate surface area is 399 Å². The largest absolute Gasteiger partial charge is 0.490 e. The molecule has 16 nitrogen and oxygen atoms in total. The van der Waals surface area contributed by atoms with Crippen LogP contribution in [-0.2, 0) is 28.6 Å². The van der Waals surface area contributed by atoms with Crippen LogP contribution in [0.1, 0.15) is 25.8 Å². The summed E-state index contributed by atoms with van der Waals surface area (Å²) in [6.07, 6.45) is -0.235. The molecule has 6 aromatic carbocycles. The molecular weight excluding hydrogens is 881 g/mol. The molecule has 0 N–H and O–H groups in total. The highest BCUT2D eigenvalue weighted by atomic mass is 16.6. The first-order valence-corrected chi connectivity index (χ1v) is 22.0. The fourth-order valence-corrected chi connectivity index (χ4v) is 6.85. The maximum absolute atomic E-state index is 13.5. The van der Waals surface area contributed by atoms with Gasteiger partial charge in [0.1, 0.15) is 44.5 Å². The lowest BCUT2D eigenvalue weighted by Gasteiger charge is -2.23. The lowest BCUT2D eigenvalue weighted by molar-refractivity contribution is -0.384. The van der Waals surface area contributed by atoms with E-state index in [2.05, 4.69) is 21.1 Å². The maximum atomic E-state index is 13.5. The fraction of sp³-hybridized carbons (Fsp3) is 0.226. The Balaban J connectivity index is 1.00. The van der Waals surface area contributed by atoms with Crippen molar-refractivity contribution in [3.05, 3.63) is 173 Å². The van der Waals surface area contributed by atoms with Gasteiger partial charge in [-0.25, -0.2) is 4.85 Å². The highest BCUT2D eigenvalue weighted by Crippen LogP contribution is 2.27. The standard InChI is InChI=1S/C53H48N6O10/c1-4-58(46-21-17-44(18-22-46)56-57-45-19-23-47(24-20-45)59(63)64)29-30-67-51(60)37(2)35-50(52(61)68-33-31-65-48-25-11-41(12-26-48)39-7-5-38(36-54)6-8-39)53(62)69-34-32-66-49-27-13-42(14-28-49)40-9-15-43(55-3)16-10-40/h5-28,37,50H,4,29-35H2,1-2H3. The third kappa shape index (κ3) is 14.8. The minimum atomic E-state index is -1.45. The summed E-state index contributed by atoms with van der Waals surface area (Å²) in [5.41, 5.74) is 6.68. The van der Waals surface area contributed by atoms with Crippen molar-refractivity contribution >= 4 is 46.3 Å². The third-order valence-electron chi connectivity index (χ3n) is 10.7. The summed E-state index contributed by atoms with van der Waals surface area (Å²) in [7, 11) is 0. The van der Waals surface area contributed by atoms with Crippen LogP contribution in [0.25, 0.3) is 27.1 Å². The van der Waals surface area contributed by atoms with Crippen molar-refractivity contribution in [1.29, 1.82) is 5.26 Å². The summed E-state index contributed by atoms with van der Waals surface area (Å²) in [4.78, 5) is 56.1. The van der Waals surface area contributed by atoms with Crippen LogP contribution in [0.4, 0.5) is 28.4 Å². The molecule has 0 saturated heterocycles. The average molecular weight is 929 g/mol. The Kier molecular flexibility index (Phi) is 18.0. The zero-order chi connectivity index (χ0) is 49.0. The van der Waals surface area contributed by atoms with Crippen LogP contribution in [0.3, 0.4) is 0 Å². The summed E-state index contributed by atoms with van der Waals surface area (Å²) in [5.74, 6) is -3.64. The summed E-state index contributed by atoms with van der Waals surface area (Å²) in [5, 5.41) is 28.3. The number of esters is 3. The van der Waals surface area contributed by atoms with Crippen LogP contribution < -0.4 is 14.4 Å². The molecule has 6 rings (SSSR count). The van der Waals surface area contributed by atoms with Gasteiger partial charge in [0, 0.05) is 24.4 Å². The predicted molar refractivity (Wildman–Crippen MR) is 257 cm³/mol. The van der Waals surface area contributed by atoms with E-state index in [0.29, 0.717) is 47.2 Å². The van der Waals surface area contributed by atoms with Crippen molar-refractivity contribution in [3.8, 4) is 39.8 Å². The molecule has 0 fully saturated rings. The fourth-order valence-electron chi connectivity index (χ4n) is 6.85. The molecular formula is C53H48N6O10. The number of ether oxygens (including phenoxy) is 5. The molecule has 69 heavy (non-hydrogen) atoms. The van der Waals surface area contributed by atoms with E-state index in [1.807, 2.05) is 72.5 Å². The molecule has 6 aromatic rings. The topological polar surface area (TPSA) is 197 Å². The number of anilines is 1. The van der Waals surface area contributed by atoms with Gasteiger partial charge in [0.2, 0.25) is 0 Å². The van der Waals surface area contributed by atoms with Gasteiger partial charge in [0.05, 0.1) is 47.0 Å². The number of azo groups is 1. The highest BCUT2D eigenvalue weighted by molar-refractivity contribution is 5.95. The number of likely N-dealkylation sites (N-methyl/N-ethyl adjacent to an activating group) is 1. The molecule has 0 aliphatic heterocycles. The van der Waals surface area contributed by atoms with Crippen LogP contribution in [0.5, 0.6) is 11.5 Å². The van der Waals surface area contributed by atoms with Crippen LogP contribution in [0, 0.1) is 39.9 Å². The van der Waals surface area contributed by atoms with E-state index in [-0.39, 0.29) is 45.1 Å². The van der Waals surface area contributed by atoms with E-state index >= 15 is 0 Å². The summed E-state index contributed by atoms with van der Waals surface area (Å²) >= 11 is 0. The molecule has 2 atom stereocenters. The quantitative estimate of drug-likeness (QED) is 0.00863. The predicted octanol–water partition coefficient (Wildman–Crippen LogP) is 11.0. The molecule has 16 heteroatoms. The number of hydrogen-bond acceptors (Lipinski definition) is 14. The van der Waals surface area contributed by atoms with Crippen molar-refractivity contribution in [2.75, 3.05) is 51.0 Å². The lowest BCUT2D eigenvalue weighted by atomic mass is 9.96. The molecule has 2 unspecified atom stereocenters. The maximum Gasteiger partial charge on any atom is 0.320 e. The molecule has 0 aromatic heterocycles. The van der Waals surface area contributed by atoms with Crippen LogP contribution in [0.2, 0.25) is 0 Å². The van der Waals surface area contributed by atoms with Crippen molar-refractivity contribution in [1.82, 2.24) is 0 Å². The Morgan fingerprint density at radius 3 is 1.55 bits per heavy atom. The smallest absolute Gasteiger partial charge is 0.320 e. The van der Waals surface area contributed by atoms with Gasteiger partial charge in [0.25, 0.3) is 5.69 Å². The lowest BCUT2D eigenvalue weighted by Crippen LogP contribution is -2.34. The highest BCUT2D eigenvalue weighted by Gasteiger charge is 2.34. The van der Waals surface area contributed by atoms with Crippen molar-refractivity contribution in [2.24, 2.45) is 22.1 Å². The first kappa shape index (κ1) is 49.5. The second-order valence-electron chi connectivity index (χ2n) is 15.4. The molecule has 0 heterocycles. The van der Waals surface area contributed by atoms with E-state index in [1.54, 1.807) is 67.6 Å². The molecule has 0 bridgehead atoms. The molecule has 0 saturated carbocycles. The van der Waals surface area contributed by atoms with E-state index in [1.165, 1.54) is 24.3 Å². The zero-order valence-electron chi connectivity index (χ0n) is 37.9. The van der Waals surface area contributed by atoms with Gasteiger partial charge in [-0.3, -0.25) is 24.5 Å². The Morgan fingerprint density at radius 2 is 1.10 bits per heavy atom. The number of nitro groups is 1. The Morgan fingerprint density at radius 1 is 0.652 bits per heavy atom. The van der Waals surface area contributed by atoms with Gasteiger partial charge in [-0.1, -0.05) is 67.6 Å². The SMILES string of the molecule is [C-]#[N+]c1ccc(-c2ccc(OCCOC(=O)C(CC(C)C(=O)OCCN(CC)c3ccc(N=Nc4ccc([N+](=O)[O-])cc4)cc3)C(=O)OCCOc3ccc(-c4ccc(C#N)cc4)cc3)cc2)cc1.